The lowest BCUT2D eigenvalue weighted by Crippen LogP contribution is -2.45. The van der Waals surface area contributed by atoms with Crippen molar-refractivity contribution >= 4 is 23.0 Å². The van der Waals surface area contributed by atoms with Crippen molar-refractivity contribution < 1.29 is 13.6 Å². The van der Waals surface area contributed by atoms with Crippen molar-refractivity contribution in [1.82, 2.24) is 19.7 Å². The van der Waals surface area contributed by atoms with Gasteiger partial charge < -0.3 is 14.2 Å². The minimum absolute atomic E-state index is 0.0607. The van der Waals surface area contributed by atoms with Crippen molar-refractivity contribution in [3.63, 3.8) is 0 Å². The molecule has 1 fully saturated rings. The number of aromatic nitrogens is 3. The molecule has 2 aromatic heterocycles. The minimum atomic E-state index is -0.339. The van der Waals surface area contributed by atoms with Gasteiger partial charge in [-0.25, -0.2) is 4.39 Å². The Hall–Kier alpha value is -2.90. The Labute approximate surface area is 156 Å². The van der Waals surface area contributed by atoms with E-state index in [1.165, 1.54) is 12.1 Å². The summed E-state index contributed by atoms with van der Waals surface area (Å²) in [6.07, 6.45) is 1.61. The summed E-state index contributed by atoms with van der Waals surface area (Å²) in [5.74, 6) is -0.400. The number of oxazole rings is 1. The number of hydrogen-bond acceptors (Lipinski definition) is 5. The highest BCUT2D eigenvalue weighted by Gasteiger charge is 2.29. The monoisotopic (exact) mass is 371 g/mol. The zero-order valence-electron chi connectivity index (χ0n) is 15.6. The molecule has 0 bridgehead atoms. The largest absolute Gasteiger partial charge is 0.423 e. The molecule has 0 aliphatic carbocycles. The van der Waals surface area contributed by atoms with Crippen LogP contribution >= 0.6 is 0 Å². The van der Waals surface area contributed by atoms with Gasteiger partial charge in [0.25, 0.3) is 11.9 Å². The van der Waals surface area contributed by atoms with E-state index in [1.807, 2.05) is 32.0 Å². The molecular formula is C19H22FN5O2. The van der Waals surface area contributed by atoms with Gasteiger partial charge in [-0.1, -0.05) is 0 Å². The number of amides is 1. The van der Waals surface area contributed by atoms with Crippen molar-refractivity contribution in [2.75, 3.05) is 25.0 Å². The van der Waals surface area contributed by atoms with Crippen LogP contribution in [0.5, 0.6) is 0 Å². The summed E-state index contributed by atoms with van der Waals surface area (Å²) in [6.45, 7) is 3.37. The van der Waals surface area contributed by atoms with E-state index < -0.39 is 0 Å². The first-order chi connectivity index (χ1) is 12.9. The number of carbonyl (C=O) groups excluding carboxylic acids is 1. The second-order valence-electron chi connectivity index (χ2n) is 7.04. The Morgan fingerprint density at radius 2 is 2.04 bits per heavy atom. The van der Waals surface area contributed by atoms with E-state index in [1.54, 1.807) is 15.6 Å². The number of anilines is 1. The number of halogens is 1. The molecule has 0 radical (unpaired) electrons. The lowest BCUT2D eigenvalue weighted by Gasteiger charge is -2.35. The maximum atomic E-state index is 13.3. The Balaban J connectivity index is 1.42. The number of aryl methyl sites for hydroxylation is 2. The molecule has 8 heteroatoms. The lowest BCUT2D eigenvalue weighted by molar-refractivity contribution is 0.0701. The van der Waals surface area contributed by atoms with Gasteiger partial charge in [0.15, 0.2) is 11.3 Å². The molecule has 0 saturated carbocycles. The Morgan fingerprint density at radius 3 is 2.70 bits per heavy atom. The van der Waals surface area contributed by atoms with Crippen LogP contribution in [0, 0.1) is 12.7 Å². The molecule has 1 saturated heterocycles. The van der Waals surface area contributed by atoms with E-state index in [0.717, 1.165) is 31.6 Å². The minimum Gasteiger partial charge on any atom is -0.423 e. The van der Waals surface area contributed by atoms with Crippen LogP contribution in [0.1, 0.15) is 29.0 Å². The normalized spacial score (nSPS) is 15.5. The van der Waals surface area contributed by atoms with Gasteiger partial charge in [-0.05, 0) is 38.0 Å². The number of piperidine rings is 1. The van der Waals surface area contributed by atoms with Crippen molar-refractivity contribution in [3.8, 4) is 0 Å². The van der Waals surface area contributed by atoms with Crippen LogP contribution in [0.15, 0.2) is 28.7 Å². The highest BCUT2D eigenvalue weighted by Crippen LogP contribution is 2.26. The molecule has 0 N–H and O–H groups in total. The van der Waals surface area contributed by atoms with Crippen LogP contribution in [0.3, 0.4) is 0 Å². The third kappa shape index (κ3) is 3.27. The van der Waals surface area contributed by atoms with Crippen LogP contribution in [-0.4, -0.2) is 51.8 Å². The van der Waals surface area contributed by atoms with Crippen LogP contribution in [0.25, 0.3) is 11.1 Å². The van der Waals surface area contributed by atoms with Gasteiger partial charge in [0.2, 0.25) is 0 Å². The van der Waals surface area contributed by atoms with E-state index in [9.17, 15) is 9.18 Å². The van der Waals surface area contributed by atoms with Gasteiger partial charge in [0, 0.05) is 45.0 Å². The predicted octanol–water partition coefficient (Wildman–Crippen LogP) is 2.75. The first-order valence-electron chi connectivity index (χ1n) is 9.01. The highest BCUT2D eigenvalue weighted by atomic mass is 19.1. The molecule has 4 rings (SSSR count). The fraction of sp³-hybridized carbons (Fsp3) is 0.421. The molecule has 27 heavy (non-hydrogen) atoms. The quantitative estimate of drug-likeness (QED) is 0.708. The third-order valence-corrected chi connectivity index (χ3v) is 5.28. The first-order valence-corrected chi connectivity index (χ1v) is 9.01. The topological polar surface area (TPSA) is 67.4 Å². The van der Waals surface area contributed by atoms with Gasteiger partial charge in [0.1, 0.15) is 11.3 Å². The molecule has 7 nitrogen and oxygen atoms in total. The number of fused-ring (bicyclic) bond motifs is 1. The van der Waals surface area contributed by atoms with Crippen molar-refractivity contribution in [1.29, 1.82) is 0 Å². The van der Waals surface area contributed by atoms with Crippen LogP contribution in [0.2, 0.25) is 0 Å². The molecule has 3 heterocycles. The van der Waals surface area contributed by atoms with Crippen LogP contribution < -0.4 is 4.90 Å². The second-order valence-corrected chi connectivity index (χ2v) is 7.04. The number of hydrogen-bond donors (Lipinski definition) is 0. The number of rotatable bonds is 3. The van der Waals surface area contributed by atoms with Gasteiger partial charge in [0.05, 0.1) is 0 Å². The fourth-order valence-corrected chi connectivity index (χ4v) is 3.48. The molecule has 0 spiro atoms. The van der Waals surface area contributed by atoms with E-state index in [2.05, 4.69) is 10.1 Å². The molecule has 142 valence electrons. The molecule has 1 aliphatic heterocycles. The second kappa shape index (κ2) is 6.68. The number of nitrogens with zero attached hydrogens (tertiary/aromatic N) is 5. The molecule has 1 aromatic carbocycles. The van der Waals surface area contributed by atoms with Gasteiger partial charge >= 0.3 is 0 Å². The number of benzene rings is 1. The summed E-state index contributed by atoms with van der Waals surface area (Å²) in [5.41, 5.74) is 2.52. The summed E-state index contributed by atoms with van der Waals surface area (Å²) >= 11 is 0. The summed E-state index contributed by atoms with van der Waals surface area (Å²) in [7, 11) is 3.66. The summed E-state index contributed by atoms with van der Waals surface area (Å²) < 4.78 is 20.7. The average Bonchev–Trinajstić information content (AvgIpc) is 3.23. The van der Waals surface area contributed by atoms with Crippen LogP contribution in [-0.2, 0) is 7.05 Å². The highest BCUT2D eigenvalue weighted by molar-refractivity contribution is 5.92. The van der Waals surface area contributed by atoms with E-state index in [-0.39, 0.29) is 17.8 Å². The standard InChI is InChI=1S/C19H22FN5O2/c1-12-10-16(22-24(12)3)18(26)23(2)14-6-8-25(9-7-14)19-21-15-5-4-13(20)11-17(15)27-19/h4-5,10-11,14H,6-9H2,1-3H3. The Bertz CT molecular complexity index is 968. The molecule has 1 amide bonds. The third-order valence-electron chi connectivity index (χ3n) is 5.28. The van der Waals surface area contributed by atoms with E-state index >= 15 is 0 Å². The Kier molecular flexibility index (Phi) is 4.33. The molecule has 0 unspecified atom stereocenters. The maximum absolute atomic E-state index is 13.3. The SMILES string of the molecule is Cc1cc(C(=O)N(C)C2CCN(c3nc4ccc(F)cc4o3)CC2)nn1C. The average molecular weight is 371 g/mol. The van der Waals surface area contributed by atoms with Crippen molar-refractivity contribution in [3.05, 3.63) is 41.5 Å². The molecular weight excluding hydrogens is 349 g/mol. The number of carbonyl (C=O) groups is 1. The van der Waals surface area contributed by atoms with Crippen LogP contribution in [0.4, 0.5) is 10.4 Å². The Morgan fingerprint density at radius 1 is 1.30 bits per heavy atom. The van der Waals surface area contributed by atoms with Gasteiger partial charge in [-0.15, -0.1) is 0 Å². The summed E-state index contributed by atoms with van der Waals surface area (Å²) in [6, 6.07) is 6.79. The first kappa shape index (κ1) is 17.5. The van der Waals surface area contributed by atoms with E-state index in [4.69, 9.17) is 4.42 Å². The predicted molar refractivity (Wildman–Crippen MR) is 99.2 cm³/mol. The van der Waals surface area contributed by atoms with E-state index in [0.29, 0.717) is 22.8 Å². The maximum Gasteiger partial charge on any atom is 0.298 e. The summed E-state index contributed by atoms with van der Waals surface area (Å²) in [5, 5.41) is 4.28. The molecule has 3 aromatic rings. The fourth-order valence-electron chi connectivity index (χ4n) is 3.48. The van der Waals surface area contributed by atoms with Crippen molar-refractivity contribution in [2.45, 2.75) is 25.8 Å². The zero-order valence-corrected chi connectivity index (χ0v) is 15.6. The molecule has 0 atom stereocenters. The summed E-state index contributed by atoms with van der Waals surface area (Å²) in [4.78, 5) is 20.9. The van der Waals surface area contributed by atoms with Gasteiger partial charge in [-0.3, -0.25) is 9.48 Å². The molecule has 1 aliphatic rings. The zero-order chi connectivity index (χ0) is 19.1. The smallest absolute Gasteiger partial charge is 0.298 e. The van der Waals surface area contributed by atoms with Gasteiger partial charge in [-0.2, -0.15) is 10.1 Å². The lowest BCUT2D eigenvalue weighted by atomic mass is 10.0. The van der Waals surface area contributed by atoms with Crippen molar-refractivity contribution in [2.24, 2.45) is 7.05 Å².